The van der Waals surface area contributed by atoms with Crippen LogP contribution >= 0.6 is 23.2 Å². The lowest BCUT2D eigenvalue weighted by molar-refractivity contribution is -0.138. The summed E-state index contributed by atoms with van der Waals surface area (Å²) < 4.78 is 10.7. The van der Waals surface area contributed by atoms with Gasteiger partial charge in [-0.05, 0) is 44.2 Å². The van der Waals surface area contributed by atoms with Crippen LogP contribution in [0.5, 0.6) is 0 Å². The first-order valence-corrected chi connectivity index (χ1v) is 8.59. The van der Waals surface area contributed by atoms with Gasteiger partial charge in [0.15, 0.2) is 5.76 Å². The Balaban J connectivity index is 1.91. The minimum atomic E-state index is -0.606. The lowest BCUT2D eigenvalue weighted by Gasteiger charge is -2.02. The highest BCUT2D eigenvalue weighted by atomic mass is 35.5. The molecule has 1 aliphatic rings. The molecule has 3 rings (SSSR count). The van der Waals surface area contributed by atoms with E-state index in [1.807, 2.05) is 0 Å². The number of halogens is 2. The van der Waals surface area contributed by atoms with Crippen LogP contribution in [0.25, 0.3) is 17.4 Å². The second-order valence-electron chi connectivity index (χ2n) is 5.50. The van der Waals surface area contributed by atoms with Crippen molar-refractivity contribution in [1.29, 1.82) is 0 Å². The van der Waals surface area contributed by atoms with Crippen molar-refractivity contribution in [1.82, 2.24) is 0 Å². The summed E-state index contributed by atoms with van der Waals surface area (Å²) >= 11 is 11.9. The van der Waals surface area contributed by atoms with Gasteiger partial charge in [0.05, 0.1) is 22.4 Å². The molecule has 7 heteroatoms. The van der Waals surface area contributed by atoms with E-state index in [1.54, 1.807) is 50.3 Å². The molecule has 0 unspecified atom stereocenters. The number of hydrogen-bond acceptors (Lipinski definition) is 5. The van der Waals surface area contributed by atoms with Gasteiger partial charge in [0.1, 0.15) is 22.8 Å². The van der Waals surface area contributed by atoms with Gasteiger partial charge >= 0.3 is 5.97 Å². The van der Waals surface area contributed by atoms with Crippen molar-refractivity contribution >= 4 is 41.0 Å². The van der Waals surface area contributed by atoms with Crippen molar-refractivity contribution in [3.63, 3.8) is 0 Å². The number of carbonyl (C=O) groups excluding carboxylic acids is 1. The molecule has 1 aliphatic heterocycles. The van der Waals surface area contributed by atoms with E-state index in [1.165, 1.54) is 0 Å². The second kappa shape index (κ2) is 7.40. The van der Waals surface area contributed by atoms with Crippen LogP contribution in [0.2, 0.25) is 10.0 Å². The fraction of sp³-hybridized carbons (Fsp3) is 0.158. The van der Waals surface area contributed by atoms with Crippen molar-refractivity contribution in [3.05, 3.63) is 63.2 Å². The third-order valence-corrected chi connectivity index (χ3v) is 4.46. The van der Waals surface area contributed by atoms with E-state index >= 15 is 0 Å². The number of furan rings is 1. The molecule has 1 N–H and O–H groups in total. The monoisotopic (exact) mass is 391 g/mol. The molecule has 0 spiro atoms. The quantitative estimate of drug-likeness (QED) is 0.703. The first-order chi connectivity index (χ1) is 12.4. The molecule has 0 atom stereocenters. The van der Waals surface area contributed by atoms with Crippen LogP contribution < -0.4 is 0 Å². The van der Waals surface area contributed by atoms with E-state index in [2.05, 4.69) is 4.99 Å². The van der Waals surface area contributed by atoms with Gasteiger partial charge < -0.3 is 14.3 Å². The fourth-order valence-corrected chi connectivity index (χ4v) is 2.81. The van der Waals surface area contributed by atoms with Crippen LogP contribution in [0, 0.1) is 0 Å². The molecule has 0 saturated heterocycles. The summed E-state index contributed by atoms with van der Waals surface area (Å²) in [5.74, 6) is 0.219. The van der Waals surface area contributed by atoms with E-state index in [9.17, 15) is 9.90 Å². The van der Waals surface area contributed by atoms with Crippen LogP contribution in [0.4, 0.5) is 0 Å². The Morgan fingerprint density at radius 3 is 2.73 bits per heavy atom. The Labute approximate surface area is 160 Å². The molecule has 26 heavy (non-hydrogen) atoms. The zero-order valence-electron chi connectivity index (χ0n) is 14.0. The number of carbonyl (C=O) groups is 1. The maximum Gasteiger partial charge on any atom is 0.343 e. The number of aliphatic imine (C=N–C) groups is 1. The van der Waals surface area contributed by atoms with Gasteiger partial charge in [-0.2, -0.15) is 0 Å². The number of ether oxygens (including phenoxy) is 1. The number of aliphatic hydroxyl groups excluding tert-OH is 1. The van der Waals surface area contributed by atoms with Crippen LogP contribution in [0.1, 0.15) is 19.6 Å². The van der Waals surface area contributed by atoms with Crippen molar-refractivity contribution in [2.75, 3.05) is 6.61 Å². The Morgan fingerprint density at radius 1 is 1.27 bits per heavy atom. The molecule has 2 heterocycles. The first-order valence-electron chi connectivity index (χ1n) is 7.84. The molecule has 0 amide bonds. The topological polar surface area (TPSA) is 72.0 Å². The number of hydrogen-bond donors (Lipinski definition) is 1. The van der Waals surface area contributed by atoms with Gasteiger partial charge in [-0.15, -0.1) is 0 Å². The highest BCUT2D eigenvalue weighted by Gasteiger charge is 2.27. The molecule has 0 aliphatic carbocycles. The molecular formula is C19H15Cl2NO4. The van der Waals surface area contributed by atoms with Crippen molar-refractivity contribution < 1.29 is 19.1 Å². The van der Waals surface area contributed by atoms with Crippen LogP contribution in [-0.2, 0) is 9.53 Å². The highest BCUT2D eigenvalue weighted by molar-refractivity contribution is 6.42. The Hall–Kier alpha value is -2.50. The zero-order valence-corrected chi connectivity index (χ0v) is 15.6. The number of aliphatic hydroxyl groups is 1. The zero-order chi connectivity index (χ0) is 18.8. The summed E-state index contributed by atoms with van der Waals surface area (Å²) in [5.41, 5.74) is 1.46. The van der Waals surface area contributed by atoms with Crippen molar-refractivity contribution in [2.24, 2.45) is 4.99 Å². The maximum atomic E-state index is 11.9. The van der Waals surface area contributed by atoms with E-state index in [-0.39, 0.29) is 23.6 Å². The van der Waals surface area contributed by atoms with E-state index in [0.29, 0.717) is 27.3 Å². The normalized spacial score (nSPS) is 15.5. The SMILES string of the molecule is CCOC(=O)C1=C(O)C(=Cc2ccc(-c3ccc(Cl)c(Cl)c3)o2)N=C1C. The predicted octanol–water partition coefficient (Wildman–Crippen LogP) is 5.44. The van der Waals surface area contributed by atoms with Crippen LogP contribution in [0.3, 0.4) is 0 Å². The van der Waals surface area contributed by atoms with Gasteiger partial charge in [0.25, 0.3) is 0 Å². The molecule has 134 valence electrons. The minimum Gasteiger partial charge on any atom is -0.505 e. The molecule has 5 nitrogen and oxygen atoms in total. The second-order valence-corrected chi connectivity index (χ2v) is 6.32. The molecule has 0 fully saturated rings. The van der Waals surface area contributed by atoms with Gasteiger partial charge in [-0.25, -0.2) is 9.79 Å². The third-order valence-electron chi connectivity index (χ3n) is 3.72. The summed E-state index contributed by atoms with van der Waals surface area (Å²) in [7, 11) is 0. The molecule has 1 aromatic carbocycles. The van der Waals surface area contributed by atoms with Gasteiger partial charge in [-0.1, -0.05) is 23.2 Å². The third kappa shape index (κ3) is 3.54. The van der Waals surface area contributed by atoms with E-state index in [0.717, 1.165) is 5.56 Å². The van der Waals surface area contributed by atoms with Crippen molar-refractivity contribution in [2.45, 2.75) is 13.8 Å². The van der Waals surface area contributed by atoms with Crippen molar-refractivity contribution in [3.8, 4) is 11.3 Å². The summed E-state index contributed by atoms with van der Waals surface area (Å²) in [6.45, 7) is 3.54. The average Bonchev–Trinajstić information content (AvgIpc) is 3.16. The Bertz CT molecular complexity index is 970. The summed E-state index contributed by atoms with van der Waals surface area (Å²) in [6, 6.07) is 8.67. The lowest BCUT2D eigenvalue weighted by Crippen LogP contribution is -2.13. The summed E-state index contributed by atoms with van der Waals surface area (Å²) in [5, 5.41) is 11.2. The van der Waals surface area contributed by atoms with Gasteiger partial charge in [-0.3, -0.25) is 0 Å². The van der Waals surface area contributed by atoms with E-state index < -0.39 is 5.97 Å². The maximum absolute atomic E-state index is 11.9. The first kappa shape index (κ1) is 18.3. The molecular weight excluding hydrogens is 377 g/mol. The number of benzene rings is 1. The van der Waals surface area contributed by atoms with Gasteiger partial charge in [0.2, 0.25) is 0 Å². The summed E-state index contributed by atoms with van der Waals surface area (Å²) in [6.07, 6.45) is 1.55. The molecule has 0 bridgehead atoms. The average molecular weight is 392 g/mol. The number of rotatable bonds is 4. The standard InChI is InChI=1S/C19H15Cl2NO4/c1-3-25-19(24)17-10(2)22-15(18(17)23)9-12-5-7-16(26-12)11-4-6-13(20)14(21)8-11/h4-9,23H,3H2,1-2H3. The van der Waals surface area contributed by atoms with E-state index in [4.69, 9.17) is 32.4 Å². The Morgan fingerprint density at radius 2 is 2.04 bits per heavy atom. The molecule has 0 saturated carbocycles. The Kier molecular flexibility index (Phi) is 5.20. The number of nitrogens with zero attached hydrogens (tertiary/aromatic N) is 1. The van der Waals surface area contributed by atoms with Gasteiger partial charge in [0, 0.05) is 11.6 Å². The smallest absolute Gasteiger partial charge is 0.343 e. The molecule has 1 aromatic heterocycles. The number of esters is 1. The van der Waals surface area contributed by atoms with Crippen LogP contribution in [-0.4, -0.2) is 23.4 Å². The fourth-order valence-electron chi connectivity index (χ4n) is 2.51. The molecule has 0 radical (unpaired) electrons. The molecule has 2 aromatic rings. The lowest BCUT2D eigenvalue weighted by atomic mass is 10.1. The summed E-state index contributed by atoms with van der Waals surface area (Å²) in [4.78, 5) is 16.1. The highest BCUT2D eigenvalue weighted by Crippen LogP contribution is 2.31. The minimum absolute atomic E-state index is 0.0642. The largest absolute Gasteiger partial charge is 0.505 e. The van der Waals surface area contributed by atoms with Crippen LogP contribution in [0.15, 0.2) is 56.8 Å². The predicted molar refractivity (Wildman–Crippen MR) is 102 cm³/mol.